The highest BCUT2D eigenvalue weighted by Crippen LogP contribution is 2.12. The Labute approximate surface area is 110 Å². The topological polar surface area (TPSA) is 57.7 Å². The lowest BCUT2D eigenvalue weighted by molar-refractivity contribution is -0.222. The van der Waals surface area contributed by atoms with Crippen LogP contribution in [0, 0.1) is 0 Å². The molecule has 1 heterocycles. The Hall–Kier alpha value is -2.56. The molecule has 5 nitrogen and oxygen atoms in total. The lowest BCUT2D eigenvalue weighted by atomic mass is 10.3. The summed E-state index contributed by atoms with van der Waals surface area (Å²) in [4.78, 5) is 24.9. The number of benzene rings is 1. The molecule has 0 N–H and O–H groups in total. The van der Waals surface area contributed by atoms with Crippen LogP contribution < -0.4 is 9.62 Å². The number of aromatic nitrogens is 1. The van der Waals surface area contributed by atoms with Crippen LogP contribution in [0.15, 0.2) is 54.7 Å². The maximum atomic E-state index is 11.6. The fourth-order valence-electron chi connectivity index (χ4n) is 1.30. The van der Waals surface area contributed by atoms with Gasteiger partial charge in [0.1, 0.15) is 5.75 Å². The second kappa shape index (κ2) is 6.39. The number of hydrogen-bond donors (Lipinski definition) is 0. The fraction of sp³-hybridized carbons (Fsp3) is 0.143. The molecule has 1 atom stereocenters. The van der Waals surface area contributed by atoms with E-state index < -0.39 is 12.1 Å². The highest BCUT2D eigenvalue weighted by atomic mass is 17.2. The molecule has 2 rings (SSSR count). The van der Waals surface area contributed by atoms with E-state index in [0.717, 1.165) is 0 Å². The first-order valence-electron chi connectivity index (χ1n) is 5.77. The monoisotopic (exact) mass is 259 g/mol. The van der Waals surface area contributed by atoms with Crippen LogP contribution in [-0.4, -0.2) is 17.1 Å². The van der Waals surface area contributed by atoms with Gasteiger partial charge in [0.05, 0.1) is 0 Å². The highest BCUT2D eigenvalue weighted by molar-refractivity contribution is 5.74. The van der Waals surface area contributed by atoms with Gasteiger partial charge in [0.15, 0.2) is 6.10 Å². The van der Waals surface area contributed by atoms with Gasteiger partial charge in [0.25, 0.3) is 5.88 Å². The summed E-state index contributed by atoms with van der Waals surface area (Å²) in [5, 5.41) is 0. The standard InChI is InChI=1S/C14H13NO4/c1-11(17-12-7-3-2-4-8-12)14(16)19-18-13-9-5-6-10-15-13/h2-11H,1H3. The molecule has 5 heteroatoms. The molecule has 98 valence electrons. The normalized spacial score (nSPS) is 11.4. The summed E-state index contributed by atoms with van der Waals surface area (Å²) in [5.41, 5.74) is 0. The van der Waals surface area contributed by atoms with Crippen LogP contribution in [0.4, 0.5) is 0 Å². The van der Waals surface area contributed by atoms with E-state index in [1.54, 1.807) is 37.3 Å². The SMILES string of the molecule is CC(Oc1ccccc1)C(=O)OOc1ccccn1. The van der Waals surface area contributed by atoms with E-state index in [9.17, 15) is 4.79 Å². The number of hydrogen-bond acceptors (Lipinski definition) is 5. The first-order chi connectivity index (χ1) is 9.25. The Balaban J connectivity index is 1.83. The third kappa shape index (κ3) is 3.99. The summed E-state index contributed by atoms with van der Waals surface area (Å²) in [6, 6.07) is 14.0. The summed E-state index contributed by atoms with van der Waals surface area (Å²) in [7, 11) is 0. The first-order valence-corrected chi connectivity index (χ1v) is 5.77. The van der Waals surface area contributed by atoms with Crippen LogP contribution in [0.1, 0.15) is 6.92 Å². The molecule has 0 saturated carbocycles. The van der Waals surface area contributed by atoms with Gasteiger partial charge in [0, 0.05) is 12.3 Å². The second-order valence-electron chi connectivity index (χ2n) is 3.73. The molecule has 0 bridgehead atoms. The molecular formula is C14H13NO4. The lowest BCUT2D eigenvalue weighted by Crippen LogP contribution is -2.27. The van der Waals surface area contributed by atoms with Gasteiger partial charge < -0.3 is 4.74 Å². The van der Waals surface area contributed by atoms with Crippen molar-refractivity contribution in [3.8, 4) is 11.6 Å². The van der Waals surface area contributed by atoms with Gasteiger partial charge in [-0.1, -0.05) is 24.3 Å². The summed E-state index contributed by atoms with van der Waals surface area (Å²) in [6.07, 6.45) is 0.763. The van der Waals surface area contributed by atoms with Gasteiger partial charge in [-0.05, 0) is 25.1 Å². The van der Waals surface area contributed by atoms with Crippen molar-refractivity contribution in [3.63, 3.8) is 0 Å². The Kier molecular flexibility index (Phi) is 4.34. The zero-order valence-corrected chi connectivity index (χ0v) is 10.4. The number of para-hydroxylation sites is 1. The van der Waals surface area contributed by atoms with Gasteiger partial charge >= 0.3 is 5.97 Å². The molecule has 0 aliphatic carbocycles. The number of nitrogens with zero attached hydrogens (tertiary/aromatic N) is 1. The zero-order chi connectivity index (χ0) is 13.5. The number of carbonyl (C=O) groups is 1. The van der Waals surface area contributed by atoms with E-state index in [4.69, 9.17) is 9.62 Å². The highest BCUT2D eigenvalue weighted by Gasteiger charge is 2.18. The number of carbonyl (C=O) groups excluding carboxylic acids is 1. The maximum absolute atomic E-state index is 11.6. The third-order valence-corrected chi connectivity index (χ3v) is 2.23. The molecule has 2 aromatic rings. The quantitative estimate of drug-likeness (QED) is 0.609. The number of rotatable bonds is 5. The van der Waals surface area contributed by atoms with Crippen LogP contribution in [0.25, 0.3) is 0 Å². The van der Waals surface area contributed by atoms with E-state index >= 15 is 0 Å². The smallest absolute Gasteiger partial charge is 0.395 e. The van der Waals surface area contributed by atoms with Crippen molar-refractivity contribution in [1.29, 1.82) is 0 Å². The van der Waals surface area contributed by atoms with Gasteiger partial charge in [-0.3, -0.25) is 4.89 Å². The molecule has 0 radical (unpaired) electrons. The predicted octanol–water partition coefficient (Wildman–Crippen LogP) is 2.39. The lowest BCUT2D eigenvalue weighted by Gasteiger charge is -2.12. The maximum Gasteiger partial charge on any atom is 0.395 e. The first kappa shape index (κ1) is 12.9. The van der Waals surface area contributed by atoms with E-state index in [1.807, 2.05) is 18.2 Å². The van der Waals surface area contributed by atoms with Crippen molar-refractivity contribution in [1.82, 2.24) is 4.98 Å². The molecule has 0 saturated heterocycles. The van der Waals surface area contributed by atoms with Crippen molar-refractivity contribution < 1.29 is 19.3 Å². The van der Waals surface area contributed by atoms with Gasteiger partial charge in [0.2, 0.25) is 0 Å². The van der Waals surface area contributed by atoms with Crippen LogP contribution in [0.2, 0.25) is 0 Å². The average molecular weight is 259 g/mol. The minimum Gasteiger partial charge on any atom is -0.479 e. The molecule has 1 unspecified atom stereocenters. The van der Waals surface area contributed by atoms with E-state index in [2.05, 4.69) is 9.87 Å². The summed E-state index contributed by atoms with van der Waals surface area (Å²) < 4.78 is 5.39. The molecule has 0 amide bonds. The molecule has 19 heavy (non-hydrogen) atoms. The van der Waals surface area contributed by atoms with Gasteiger partial charge in [-0.2, -0.15) is 0 Å². The molecule has 1 aromatic carbocycles. The number of ether oxygens (including phenoxy) is 1. The molecule has 0 spiro atoms. The summed E-state index contributed by atoms with van der Waals surface area (Å²) >= 11 is 0. The Bertz CT molecular complexity index is 515. The van der Waals surface area contributed by atoms with Crippen molar-refractivity contribution in [2.45, 2.75) is 13.0 Å². The largest absolute Gasteiger partial charge is 0.479 e. The summed E-state index contributed by atoms with van der Waals surface area (Å²) in [5.74, 6) is 0.169. The van der Waals surface area contributed by atoms with Gasteiger partial charge in [-0.15, -0.1) is 0 Å². The van der Waals surface area contributed by atoms with Crippen molar-refractivity contribution in [2.75, 3.05) is 0 Å². The zero-order valence-electron chi connectivity index (χ0n) is 10.4. The summed E-state index contributed by atoms with van der Waals surface area (Å²) in [6.45, 7) is 1.58. The molecule has 0 aliphatic heterocycles. The van der Waals surface area contributed by atoms with Crippen molar-refractivity contribution in [3.05, 3.63) is 54.7 Å². The van der Waals surface area contributed by atoms with Crippen LogP contribution >= 0.6 is 0 Å². The Morgan fingerprint density at radius 2 is 1.84 bits per heavy atom. The molecule has 0 fully saturated rings. The average Bonchev–Trinajstić information content (AvgIpc) is 2.47. The molecule has 1 aromatic heterocycles. The minimum atomic E-state index is -0.772. The molecule has 0 aliphatic rings. The molecular weight excluding hydrogens is 246 g/mol. The van der Waals surface area contributed by atoms with Crippen molar-refractivity contribution in [2.24, 2.45) is 0 Å². The van der Waals surface area contributed by atoms with Crippen molar-refractivity contribution >= 4 is 5.97 Å². The van der Waals surface area contributed by atoms with Crippen LogP contribution in [-0.2, 0) is 9.68 Å². The van der Waals surface area contributed by atoms with E-state index in [-0.39, 0.29) is 5.88 Å². The van der Waals surface area contributed by atoms with Crippen LogP contribution in [0.3, 0.4) is 0 Å². The predicted molar refractivity (Wildman–Crippen MR) is 67.5 cm³/mol. The minimum absolute atomic E-state index is 0.211. The van der Waals surface area contributed by atoms with E-state index in [1.165, 1.54) is 6.20 Å². The number of pyridine rings is 1. The fourth-order valence-corrected chi connectivity index (χ4v) is 1.30. The Morgan fingerprint density at radius 3 is 2.53 bits per heavy atom. The van der Waals surface area contributed by atoms with Crippen LogP contribution in [0.5, 0.6) is 11.6 Å². The van der Waals surface area contributed by atoms with Gasteiger partial charge in [-0.25, -0.2) is 14.7 Å². The Morgan fingerprint density at radius 1 is 1.11 bits per heavy atom. The van der Waals surface area contributed by atoms with E-state index in [0.29, 0.717) is 5.75 Å². The third-order valence-electron chi connectivity index (χ3n) is 2.23. The second-order valence-corrected chi connectivity index (χ2v) is 3.73.